The maximum Gasteiger partial charge on any atom is 0.303 e. The third-order valence-corrected chi connectivity index (χ3v) is 4.06. The van der Waals surface area contributed by atoms with Crippen LogP contribution in [0.3, 0.4) is 0 Å². The molecular formula is C15H27N3O2S. The molecule has 1 unspecified atom stereocenters. The number of aliphatic carboxylic acids is 1. The van der Waals surface area contributed by atoms with Crippen molar-refractivity contribution in [3.63, 3.8) is 0 Å². The zero-order chi connectivity index (χ0) is 15.9. The Bertz CT molecular complexity index is 440. The molecular weight excluding hydrogens is 286 g/mol. The summed E-state index contributed by atoms with van der Waals surface area (Å²) in [6.45, 7) is 9.26. The molecule has 0 saturated heterocycles. The van der Waals surface area contributed by atoms with Gasteiger partial charge in [0.2, 0.25) is 5.13 Å². The number of carbonyl (C=O) groups is 1. The Kier molecular flexibility index (Phi) is 7.08. The highest BCUT2D eigenvalue weighted by Crippen LogP contribution is 2.23. The Labute approximate surface area is 131 Å². The van der Waals surface area contributed by atoms with Gasteiger partial charge in [-0.3, -0.25) is 4.79 Å². The van der Waals surface area contributed by atoms with Crippen LogP contribution in [0.15, 0.2) is 0 Å². The SMILES string of the molecule is CCCC(CCNc1nc(C(C)(C)C)ns1)CCC(=O)O. The van der Waals surface area contributed by atoms with Crippen molar-refractivity contribution in [3.05, 3.63) is 5.82 Å². The van der Waals surface area contributed by atoms with Gasteiger partial charge in [0.1, 0.15) is 5.82 Å². The fourth-order valence-corrected chi connectivity index (χ4v) is 2.93. The van der Waals surface area contributed by atoms with Crippen LogP contribution in [0.2, 0.25) is 0 Å². The third kappa shape index (κ3) is 6.89. The van der Waals surface area contributed by atoms with E-state index in [2.05, 4.69) is 42.4 Å². The Hall–Kier alpha value is -1.17. The van der Waals surface area contributed by atoms with E-state index in [0.717, 1.165) is 43.2 Å². The fourth-order valence-electron chi connectivity index (χ4n) is 2.15. The summed E-state index contributed by atoms with van der Waals surface area (Å²) in [5.74, 6) is 0.627. The minimum absolute atomic E-state index is 0.0251. The first-order valence-corrected chi connectivity index (χ1v) is 8.40. The predicted molar refractivity (Wildman–Crippen MR) is 87.0 cm³/mol. The van der Waals surface area contributed by atoms with Crippen LogP contribution in [0.4, 0.5) is 5.13 Å². The summed E-state index contributed by atoms with van der Waals surface area (Å²) >= 11 is 1.39. The molecule has 0 aliphatic rings. The summed E-state index contributed by atoms with van der Waals surface area (Å²) in [7, 11) is 0. The van der Waals surface area contributed by atoms with Crippen molar-refractivity contribution >= 4 is 22.6 Å². The number of carboxylic acids is 1. The van der Waals surface area contributed by atoms with Crippen molar-refractivity contribution in [3.8, 4) is 0 Å². The van der Waals surface area contributed by atoms with Gasteiger partial charge in [-0.15, -0.1) is 0 Å². The van der Waals surface area contributed by atoms with Gasteiger partial charge in [0.05, 0.1) is 0 Å². The number of nitrogens with zero attached hydrogens (tertiary/aromatic N) is 2. The highest BCUT2D eigenvalue weighted by molar-refractivity contribution is 7.09. The van der Waals surface area contributed by atoms with Gasteiger partial charge in [0.15, 0.2) is 0 Å². The van der Waals surface area contributed by atoms with Gasteiger partial charge in [-0.2, -0.15) is 4.37 Å². The van der Waals surface area contributed by atoms with E-state index in [1.165, 1.54) is 11.5 Å². The highest BCUT2D eigenvalue weighted by atomic mass is 32.1. The van der Waals surface area contributed by atoms with E-state index in [1.54, 1.807) is 0 Å². The molecule has 1 aromatic rings. The van der Waals surface area contributed by atoms with Crippen LogP contribution in [0.5, 0.6) is 0 Å². The second-order valence-electron chi connectivity index (χ2n) is 6.48. The van der Waals surface area contributed by atoms with E-state index in [4.69, 9.17) is 5.11 Å². The lowest BCUT2D eigenvalue weighted by Crippen LogP contribution is -2.14. The Morgan fingerprint density at radius 1 is 1.33 bits per heavy atom. The molecule has 0 saturated carbocycles. The summed E-state index contributed by atoms with van der Waals surface area (Å²) in [6.07, 6.45) is 4.17. The molecule has 1 heterocycles. The second-order valence-corrected chi connectivity index (χ2v) is 7.23. The Balaban J connectivity index is 2.39. The van der Waals surface area contributed by atoms with Crippen molar-refractivity contribution in [1.82, 2.24) is 9.36 Å². The predicted octanol–water partition coefficient (Wildman–Crippen LogP) is 3.92. The van der Waals surface area contributed by atoms with E-state index in [9.17, 15) is 4.79 Å². The fraction of sp³-hybridized carbons (Fsp3) is 0.800. The molecule has 0 bridgehead atoms. The molecule has 21 heavy (non-hydrogen) atoms. The average molecular weight is 313 g/mol. The average Bonchev–Trinajstić information content (AvgIpc) is 2.84. The summed E-state index contributed by atoms with van der Waals surface area (Å²) in [5.41, 5.74) is -0.0251. The minimum atomic E-state index is -0.706. The Morgan fingerprint density at radius 2 is 2.05 bits per heavy atom. The van der Waals surface area contributed by atoms with Crippen LogP contribution in [0.1, 0.15) is 65.6 Å². The molecule has 0 fully saturated rings. The van der Waals surface area contributed by atoms with E-state index in [1.807, 2.05) is 0 Å². The smallest absolute Gasteiger partial charge is 0.303 e. The molecule has 1 aromatic heterocycles. The van der Waals surface area contributed by atoms with Crippen molar-refractivity contribution in [2.24, 2.45) is 5.92 Å². The molecule has 6 heteroatoms. The van der Waals surface area contributed by atoms with Gasteiger partial charge in [-0.05, 0) is 18.8 Å². The topological polar surface area (TPSA) is 75.1 Å². The van der Waals surface area contributed by atoms with Gasteiger partial charge in [0, 0.05) is 29.9 Å². The highest BCUT2D eigenvalue weighted by Gasteiger charge is 2.19. The molecule has 2 N–H and O–H groups in total. The van der Waals surface area contributed by atoms with Crippen LogP contribution >= 0.6 is 11.5 Å². The van der Waals surface area contributed by atoms with Crippen molar-refractivity contribution in [2.45, 2.75) is 65.2 Å². The first-order chi connectivity index (χ1) is 9.82. The van der Waals surface area contributed by atoms with Crippen LogP contribution in [0, 0.1) is 5.92 Å². The lowest BCUT2D eigenvalue weighted by Gasteiger charge is -2.15. The van der Waals surface area contributed by atoms with Gasteiger partial charge in [0.25, 0.3) is 0 Å². The van der Waals surface area contributed by atoms with Crippen molar-refractivity contribution in [1.29, 1.82) is 0 Å². The molecule has 0 spiro atoms. The van der Waals surface area contributed by atoms with E-state index < -0.39 is 5.97 Å². The van der Waals surface area contributed by atoms with E-state index in [-0.39, 0.29) is 11.8 Å². The lowest BCUT2D eigenvalue weighted by molar-refractivity contribution is -0.137. The van der Waals surface area contributed by atoms with Crippen molar-refractivity contribution < 1.29 is 9.90 Å². The monoisotopic (exact) mass is 313 g/mol. The molecule has 0 radical (unpaired) electrons. The minimum Gasteiger partial charge on any atom is -0.481 e. The maximum absolute atomic E-state index is 10.7. The second kappa shape index (κ2) is 8.32. The molecule has 0 aromatic carbocycles. The third-order valence-electron chi connectivity index (χ3n) is 3.39. The standard InChI is InChI=1S/C15H27N3O2S/c1-5-6-11(7-8-12(19)20)9-10-16-14-17-13(18-21-14)15(2,3)4/h11H,5-10H2,1-4H3,(H,19,20)(H,16,17,18). The van der Waals surface area contributed by atoms with E-state index in [0.29, 0.717) is 5.92 Å². The maximum atomic E-state index is 10.7. The number of nitrogens with one attached hydrogen (secondary N) is 1. The molecule has 0 aliphatic carbocycles. The molecule has 5 nitrogen and oxygen atoms in total. The van der Waals surface area contributed by atoms with Crippen LogP contribution in [-0.4, -0.2) is 27.0 Å². The number of aromatic nitrogens is 2. The largest absolute Gasteiger partial charge is 0.481 e. The van der Waals surface area contributed by atoms with Gasteiger partial charge >= 0.3 is 5.97 Å². The number of hydrogen-bond donors (Lipinski definition) is 2. The molecule has 1 atom stereocenters. The van der Waals surface area contributed by atoms with Crippen LogP contribution in [0.25, 0.3) is 0 Å². The normalized spacial score (nSPS) is 13.1. The number of rotatable bonds is 9. The lowest BCUT2D eigenvalue weighted by atomic mass is 9.94. The van der Waals surface area contributed by atoms with Crippen molar-refractivity contribution in [2.75, 3.05) is 11.9 Å². The molecule has 0 aliphatic heterocycles. The molecule has 0 amide bonds. The number of carboxylic acid groups (broad SMARTS) is 1. The Morgan fingerprint density at radius 3 is 2.57 bits per heavy atom. The molecule has 1 rings (SSSR count). The first kappa shape index (κ1) is 17.9. The zero-order valence-electron chi connectivity index (χ0n) is 13.5. The van der Waals surface area contributed by atoms with Gasteiger partial charge < -0.3 is 10.4 Å². The van der Waals surface area contributed by atoms with E-state index >= 15 is 0 Å². The summed E-state index contributed by atoms with van der Waals surface area (Å²) in [6, 6.07) is 0. The summed E-state index contributed by atoms with van der Waals surface area (Å²) in [5, 5.41) is 12.9. The van der Waals surface area contributed by atoms with Gasteiger partial charge in [-0.25, -0.2) is 4.98 Å². The number of anilines is 1. The van der Waals surface area contributed by atoms with Crippen LogP contribution in [-0.2, 0) is 10.2 Å². The summed E-state index contributed by atoms with van der Waals surface area (Å²) < 4.78 is 4.37. The first-order valence-electron chi connectivity index (χ1n) is 7.62. The zero-order valence-corrected chi connectivity index (χ0v) is 14.3. The van der Waals surface area contributed by atoms with Gasteiger partial charge in [-0.1, -0.05) is 40.5 Å². The number of hydrogen-bond acceptors (Lipinski definition) is 5. The molecule has 120 valence electrons. The van der Waals surface area contributed by atoms with Crippen LogP contribution < -0.4 is 5.32 Å². The quantitative estimate of drug-likeness (QED) is 0.722. The summed E-state index contributed by atoms with van der Waals surface area (Å²) in [4.78, 5) is 15.2.